The van der Waals surface area contributed by atoms with Crippen LogP contribution in [0.3, 0.4) is 0 Å². The second-order valence-electron chi connectivity index (χ2n) is 5.12. The Kier molecular flexibility index (Phi) is 3.40. The van der Waals surface area contributed by atoms with Crippen LogP contribution in [-0.2, 0) is 6.42 Å². The Bertz CT molecular complexity index is 906. The summed E-state index contributed by atoms with van der Waals surface area (Å²) < 4.78 is 1.71. The van der Waals surface area contributed by atoms with Crippen LogP contribution in [0.1, 0.15) is 10.4 Å². The number of hydrogen-bond acceptors (Lipinski definition) is 3. The highest BCUT2D eigenvalue weighted by Crippen LogP contribution is 2.37. The minimum atomic E-state index is -0.177. The minimum Gasteiger partial charge on any atom is -0.273 e. The lowest BCUT2D eigenvalue weighted by Crippen LogP contribution is -2.19. The monoisotopic (exact) mass is 348 g/mol. The van der Waals surface area contributed by atoms with Gasteiger partial charge in [-0.05, 0) is 36.2 Å². The van der Waals surface area contributed by atoms with Gasteiger partial charge in [-0.25, -0.2) is 4.98 Å². The van der Waals surface area contributed by atoms with E-state index in [0.29, 0.717) is 16.5 Å². The van der Waals surface area contributed by atoms with Crippen LogP contribution in [0.4, 0.5) is 0 Å². The molecule has 2 heterocycles. The number of benzene rings is 2. The summed E-state index contributed by atoms with van der Waals surface area (Å²) in [5.74, 6) is 0.0692. The Balaban J connectivity index is 1.65. The predicted molar refractivity (Wildman–Crippen MR) is 90.2 cm³/mol. The van der Waals surface area contributed by atoms with E-state index in [1.54, 1.807) is 10.6 Å². The van der Waals surface area contributed by atoms with Gasteiger partial charge < -0.3 is 0 Å². The van der Waals surface area contributed by atoms with Crippen molar-refractivity contribution in [3.63, 3.8) is 0 Å². The SMILES string of the molecule is O=C1[C@H](Cc2ccc(Cl)c(Cl)c2)Sc2nc3ccccc3n21. The predicted octanol–water partition coefficient (Wildman–Crippen LogP) is 4.70. The summed E-state index contributed by atoms with van der Waals surface area (Å²) in [6.07, 6.45) is 0.609. The van der Waals surface area contributed by atoms with E-state index in [-0.39, 0.29) is 11.2 Å². The van der Waals surface area contributed by atoms with E-state index in [1.165, 1.54) is 11.8 Å². The standard InChI is InChI=1S/C16H10Cl2N2OS/c17-10-6-5-9(7-11(10)18)8-14-15(21)20-13-4-2-1-3-12(13)19-16(20)22-14/h1-7,14H,8H2/t14-/m0/s1. The van der Waals surface area contributed by atoms with Crippen LogP contribution in [0.15, 0.2) is 47.6 Å². The highest BCUT2D eigenvalue weighted by Gasteiger charge is 2.34. The number of para-hydroxylation sites is 2. The van der Waals surface area contributed by atoms with Gasteiger partial charge in [0.2, 0.25) is 5.91 Å². The number of halogens is 2. The third-order valence-electron chi connectivity index (χ3n) is 3.68. The number of carbonyl (C=O) groups is 1. The molecule has 4 rings (SSSR count). The van der Waals surface area contributed by atoms with Crippen molar-refractivity contribution in [2.45, 2.75) is 16.8 Å². The normalized spacial score (nSPS) is 17.2. The molecule has 0 saturated heterocycles. The zero-order chi connectivity index (χ0) is 15.3. The highest BCUT2D eigenvalue weighted by atomic mass is 35.5. The van der Waals surface area contributed by atoms with Crippen LogP contribution in [-0.4, -0.2) is 20.7 Å². The molecule has 0 spiro atoms. The summed E-state index contributed by atoms with van der Waals surface area (Å²) in [5.41, 5.74) is 2.72. The van der Waals surface area contributed by atoms with Gasteiger partial charge >= 0.3 is 0 Å². The number of carbonyl (C=O) groups excluding carboxylic acids is 1. The first kappa shape index (κ1) is 14.1. The van der Waals surface area contributed by atoms with Crippen molar-refractivity contribution in [2.24, 2.45) is 0 Å². The summed E-state index contributed by atoms with van der Waals surface area (Å²) in [6, 6.07) is 13.2. The quantitative estimate of drug-likeness (QED) is 0.673. The van der Waals surface area contributed by atoms with Crippen molar-refractivity contribution >= 4 is 51.9 Å². The maximum absolute atomic E-state index is 12.7. The summed E-state index contributed by atoms with van der Waals surface area (Å²) in [5, 5.41) is 1.62. The molecule has 0 saturated carbocycles. The second kappa shape index (κ2) is 5.30. The highest BCUT2D eigenvalue weighted by molar-refractivity contribution is 8.00. The van der Waals surface area contributed by atoms with Crippen molar-refractivity contribution in [3.05, 3.63) is 58.1 Å². The fraction of sp³-hybridized carbons (Fsp3) is 0.125. The van der Waals surface area contributed by atoms with Crippen molar-refractivity contribution < 1.29 is 4.79 Å². The second-order valence-corrected chi connectivity index (χ2v) is 7.10. The van der Waals surface area contributed by atoms with Crippen LogP contribution in [0, 0.1) is 0 Å². The molecule has 0 fully saturated rings. The molecule has 1 aliphatic heterocycles. The number of hydrogen-bond donors (Lipinski definition) is 0. The summed E-state index contributed by atoms with van der Waals surface area (Å²) in [4.78, 5) is 17.2. The smallest absolute Gasteiger partial charge is 0.247 e. The van der Waals surface area contributed by atoms with Gasteiger partial charge in [0.15, 0.2) is 5.16 Å². The van der Waals surface area contributed by atoms with Crippen molar-refractivity contribution in [2.75, 3.05) is 0 Å². The van der Waals surface area contributed by atoms with Crippen LogP contribution in [0.25, 0.3) is 11.0 Å². The Morgan fingerprint density at radius 3 is 2.77 bits per heavy atom. The lowest BCUT2D eigenvalue weighted by molar-refractivity contribution is 0.0914. The first-order chi connectivity index (χ1) is 10.6. The van der Waals surface area contributed by atoms with Gasteiger partial charge in [0.1, 0.15) is 0 Å². The first-order valence-electron chi connectivity index (χ1n) is 6.76. The zero-order valence-corrected chi connectivity index (χ0v) is 13.6. The van der Waals surface area contributed by atoms with Gasteiger partial charge in [0, 0.05) is 0 Å². The molecule has 1 aromatic heterocycles. The van der Waals surface area contributed by atoms with Crippen molar-refractivity contribution in [1.29, 1.82) is 0 Å². The fourth-order valence-electron chi connectivity index (χ4n) is 2.63. The summed E-state index contributed by atoms with van der Waals surface area (Å²) in [7, 11) is 0. The number of thioether (sulfide) groups is 1. The van der Waals surface area contributed by atoms with E-state index in [1.807, 2.05) is 36.4 Å². The third-order valence-corrected chi connectivity index (χ3v) is 5.56. The zero-order valence-electron chi connectivity index (χ0n) is 11.3. The summed E-state index contributed by atoms with van der Waals surface area (Å²) in [6.45, 7) is 0. The van der Waals surface area contributed by atoms with E-state index in [4.69, 9.17) is 23.2 Å². The summed E-state index contributed by atoms with van der Waals surface area (Å²) >= 11 is 13.5. The number of rotatable bonds is 2. The molecule has 6 heteroatoms. The van der Waals surface area contributed by atoms with Gasteiger partial charge in [0.25, 0.3) is 0 Å². The molecule has 0 N–H and O–H groups in total. The topological polar surface area (TPSA) is 34.9 Å². The number of fused-ring (bicyclic) bond motifs is 3. The Hall–Kier alpha value is -1.49. The number of nitrogens with zero attached hydrogens (tertiary/aromatic N) is 2. The van der Waals surface area contributed by atoms with Crippen molar-refractivity contribution in [3.8, 4) is 0 Å². The van der Waals surface area contributed by atoms with E-state index in [0.717, 1.165) is 21.8 Å². The van der Waals surface area contributed by atoms with Crippen LogP contribution in [0.2, 0.25) is 10.0 Å². The maximum atomic E-state index is 12.7. The van der Waals surface area contributed by atoms with Crippen LogP contribution >= 0.6 is 35.0 Å². The molecule has 110 valence electrons. The molecule has 1 atom stereocenters. The van der Waals surface area contributed by atoms with Gasteiger partial charge in [-0.1, -0.05) is 53.2 Å². The molecule has 3 nitrogen and oxygen atoms in total. The lowest BCUT2D eigenvalue weighted by atomic mass is 10.1. The Morgan fingerprint density at radius 1 is 1.14 bits per heavy atom. The average Bonchev–Trinajstić information content (AvgIpc) is 3.00. The van der Waals surface area contributed by atoms with Gasteiger partial charge in [0.05, 0.1) is 26.3 Å². The van der Waals surface area contributed by atoms with Gasteiger partial charge in [-0.2, -0.15) is 0 Å². The van der Waals surface area contributed by atoms with Crippen molar-refractivity contribution in [1.82, 2.24) is 9.55 Å². The van der Waals surface area contributed by atoms with E-state index >= 15 is 0 Å². The van der Waals surface area contributed by atoms with Gasteiger partial charge in [-0.3, -0.25) is 9.36 Å². The minimum absolute atomic E-state index is 0.0692. The van der Waals surface area contributed by atoms with Crippen LogP contribution < -0.4 is 0 Å². The van der Waals surface area contributed by atoms with Gasteiger partial charge in [-0.15, -0.1) is 0 Å². The molecule has 3 aromatic rings. The van der Waals surface area contributed by atoms with E-state index < -0.39 is 0 Å². The molecule has 22 heavy (non-hydrogen) atoms. The molecule has 0 aliphatic carbocycles. The Morgan fingerprint density at radius 2 is 1.95 bits per heavy atom. The molecule has 0 amide bonds. The average molecular weight is 349 g/mol. The molecule has 0 radical (unpaired) electrons. The molecular weight excluding hydrogens is 339 g/mol. The molecule has 1 aliphatic rings. The largest absolute Gasteiger partial charge is 0.273 e. The van der Waals surface area contributed by atoms with E-state index in [2.05, 4.69) is 4.98 Å². The third kappa shape index (κ3) is 2.22. The fourth-order valence-corrected chi connectivity index (χ4v) is 4.13. The van der Waals surface area contributed by atoms with E-state index in [9.17, 15) is 4.79 Å². The van der Waals surface area contributed by atoms with Crippen LogP contribution in [0.5, 0.6) is 0 Å². The number of imidazole rings is 1. The molecule has 2 aromatic carbocycles. The first-order valence-corrected chi connectivity index (χ1v) is 8.39. The Labute approximate surface area is 141 Å². The number of aromatic nitrogens is 2. The lowest BCUT2D eigenvalue weighted by Gasteiger charge is -2.08. The molecular formula is C16H10Cl2N2OS. The molecule has 0 bridgehead atoms. The maximum Gasteiger partial charge on any atom is 0.247 e. The molecule has 0 unspecified atom stereocenters.